The average molecular weight is 371 g/mol. The van der Waals surface area contributed by atoms with Crippen LogP contribution in [0.5, 0.6) is 0 Å². The van der Waals surface area contributed by atoms with Crippen LogP contribution in [0.25, 0.3) is 10.3 Å². The maximum Gasteiger partial charge on any atom is 0.235 e. The lowest BCUT2D eigenvalue weighted by Gasteiger charge is -2.02. The van der Waals surface area contributed by atoms with E-state index in [1.807, 2.05) is 6.07 Å². The third-order valence-electron chi connectivity index (χ3n) is 2.64. The zero-order chi connectivity index (χ0) is 12.7. The molecule has 0 saturated carbocycles. The van der Waals surface area contributed by atoms with Gasteiger partial charge in [-0.2, -0.15) is 9.78 Å². The Labute approximate surface area is 122 Å². The first-order chi connectivity index (χ1) is 8.66. The van der Waals surface area contributed by atoms with Crippen LogP contribution in [-0.4, -0.2) is 24.5 Å². The van der Waals surface area contributed by atoms with E-state index in [0.717, 1.165) is 25.4 Å². The van der Waals surface area contributed by atoms with Crippen molar-refractivity contribution in [2.45, 2.75) is 13.8 Å². The Hall–Kier alpha value is -1.22. The van der Waals surface area contributed by atoms with Gasteiger partial charge in [0.2, 0.25) is 10.3 Å². The van der Waals surface area contributed by atoms with Crippen molar-refractivity contribution < 1.29 is 0 Å². The van der Waals surface area contributed by atoms with Gasteiger partial charge in [0.15, 0.2) is 0 Å². The van der Waals surface area contributed by atoms with E-state index in [1.54, 1.807) is 10.9 Å². The predicted octanol–water partition coefficient (Wildman–Crippen LogP) is 2.74. The second kappa shape index (κ2) is 4.47. The van der Waals surface area contributed by atoms with E-state index in [2.05, 4.69) is 68.4 Å². The van der Waals surface area contributed by atoms with Crippen molar-refractivity contribution in [3.05, 3.63) is 39.5 Å². The number of rotatable bonds is 2. The van der Waals surface area contributed by atoms with Gasteiger partial charge in [0.1, 0.15) is 3.70 Å². The van der Waals surface area contributed by atoms with Crippen LogP contribution in [0.3, 0.4) is 0 Å². The van der Waals surface area contributed by atoms with E-state index < -0.39 is 0 Å². The highest BCUT2D eigenvalue weighted by Gasteiger charge is 2.12. The molecular weight excluding hydrogens is 361 g/mol. The minimum Gasteiger partial charge on any atom is -0.293 e. The molecule has 3 rings (SSSR count). The van der Waals surface area contributed by atoms with Gasteiger partial charge in [0, 0.05) is 11.4 Å². The lowest BCUT2D eigenvalue weighted by Crippen LogP contribution is -1.97. The molecule has 0 aromatic carbocycles. The summed E-state index contributed by atoms with van der Waals surface area (Å²) in [5, 5.41) is 14.3. The molecule has 0 N–H and O–H groups in total. The van der Waals surface area contributed by atoms with Crippen LogP contribution in [0.15, 0.2) is 24.4 Å². The molecule has 0 fully saturated rings. The van der Waals surface area contributed by atoms with Gasteiger partial charge in [-0.25, -0.2) is 0 Å². The molecule has 18 heavy (non-hydrogen) atoms. The second-order valence-corrected chi connectivity index (χ2v) is 5.92. The smallest absolute Gasteiger partial charge is 0.235 e. The fourth-order valence-corrected chi connectivity index (χ4v) is 3.40. The maximum atomic E-state index is 4.24. The number of hydrogen-bond acceptors (Lipinski definition) is 4. The van der Waals surface area contributed by atoms with Crippen molar-refractivity contribution in [3.63, 3.8) is 0 Å². The van der Waals surface area contributed by atoms with Crippen molar-refractivity contribution in [2.24, 2.45) is 0 Å². The highest BCUT2D eigenvalue weighted by atomic mass is 127. The summed E-state index contributed by atoms with van der Waals surface area (Å²) >= 11 is 3.76. The quantitative estimate of drug-likeness (QED) is 0.651. The number of hydrogen-bond donors (Lipinski definition) is 0. The number of nitrogens with zero attached hydrogens (tertiary/aromatic N) is 5. The first-order valence-electron chi connectivity index (χ1n) is 5.35. The van der Waals surface area contributed by atoms with Gasteiger partial charge in [0.05, 0.1) is 6.20 Å². The number of aromatic nitrogens is 5. The average Bonchev–Trinajstić information content (AvgIpc) is 3.00. The fraction of sp³-hybridized carbons (Fsp3) is 0.182. The minimum atomic E-state index is 0.784. The van der Waals surface area contributed by atoms with Crippen LogP contribution in [-0.2, 0) is 0 Å². The molecule has 5 nitrogen and oxygen atoms in total. The minimum absolute atomic E-state index is 0.784. The van der Waals surface area contributed by atoms with Crippen LogP contribution >= 0.6 is 33.9 Å². The Bertz CT molecular complexity index is 676. The van der Waals surface area contributed by atoms with E-state index >= 15 is 0 Å². The van der Waals surface area contributed by atoms with Crippen molar-refractivity contribution in [2.75, 3.05) is 0 Å². The van der Waals surface area contributed by atoms with Crippen LogP contribution in [0.1, 0.15) is 11.4 Å². The molecule has 0 aliphatic rings. The van der Waals surface area contributed by atoms with E-state index in [4.69, 9.17) is 0 Å². The lowest BCUT2D eigenvalue weighted by atomic mass is 10.5. The van der Waals surface area contributed by atoms with E-state index in [-0.39, 0.29) is 0 Å². The van der Waals surface area contributed by atoms with Crippen molar-refractivity contribution in [1.29, 1.82) is 0 Å². The summed E-state index contributed by atoms with van der Waals surface area (Å²) < 4.78 is 4.91. The molecule has 0 aliphatic carbocycles. The van der Waals surface area contributed by atoms with Crippen LogP contribution in [0.4, 0.5) is 0 Å². The third kappa shape index (κ3) is 1.87. The largest absolute Gasteiger partial charge is 0.293 e. The zero-order valence-corrected chi connectivity index (χ0v) is 12.8. The van der Waals surface area contributed by atoms with Crippen molar-refractivity contribution in [3.8, 4) is 10.3 Å². The molecule has 3 aromatic rings. The molecule has 0 radical (unpaired) electrons. The van der Waals surface area contributed by atoms with Crippen LogP contribution < -0.4 is 0 Å². The fourth-order valence-electron chi connectivity index (χ4n) is 1.78. The summed E-state index contributed by atoms with van der Waals surface area (Å²) in [6, 6.07) is 6.09. The lowest BCUT2D eigenvalue weighted by molar-refractivity contribution is 0.821. The van der Waals surface area contributed by atoms with Crippen molar-refractivity contribution in [1.82, 2.24) is 24.5 Å². The molecule has 0 atom stereocenters. The zero-order valence-electron chi connectivity index (χ0n) is 9.83. The standard InChI is InChI=1S/C11H10IN5S/c1-7-3-4-8(2)16(7)10-14-15-11(18-10)17-9(12)5-6-13-17/h3-6H,1-2H3. The van der Waals surface area contributed by atoms with E-state index in [9.17, 15) is 0 Å². The normalized spacial score (nSPS) is 11.1. The maximum absolute atomic E-state index is 4.24. The van der Waals surface area contributed by atoms with Gasteiger partial charge >= 0.3 is 0 Å². The van der Waals surface area contributed by atoms with Crippen LogP contribution in [0.2, 0.25) is 0 Å². The Kier molecular flexibility index (Phi) is 2.94. The molecule has 0 saturated heterocycles. The summed E-state index contributed by atoms with van der Waals surface area (Å²) in [6.07, 6.45) is 1.76. The van der Waals surface area contributed by atoms with E-state index in [1.165, 1.54) is 11.3 Å². The van der Waals surface area contributed by atoms with Gasteiger partial charge in [-0.3, -0.25) is 4.57 Å². The Morgan fingerprint density at radius 1 is 1.06 bits per heavy atom. The summed E-state index contributed by atoms with van der Waals surface area (Å²) in [5.41, 5.74) is 2.32. The van der Waals surface area contributed by atoms with Gasteiger partial charge in [0.25, 0.3) is 0 Å². The first kappa shape index (κ1) is 11.8. The topological polar surface area (TPSA) is 48.5 Å². The monoisotopic (exact) mass is 371 g/mol. The van der Waals surface area contributed by atoms with Crippen LogP contribution in [0, 0.1) is 17.5 Å². The van der Waals surface area contributed by atoms with Gasteiger partial charge in [-0.05, 0) is 54.6 Å². The Morgan fingerprint density at radius 3 is 2.33 bits per heavy atom. The molecule has 7 heteroatoms. The summed E-state index contributed by atoms with van der Waals surface area (Å²) in [4.78, 5) is 0. The van der Waals surface area contributed by atoms with Gasteiger partial charge in [-0.15, -0.1) is 10.2 Å². The molecular formula is C11H10IN5S. The SMILES string of the molecule is Cc1ccc(C)n1-c1nnc(-n2nccc2I)s1. The van der Waals surface area contributed by atoms with Crippen molar-refractivity contribution >= 4 is 33.9 Å². The number of halogens is 1. The summed E-state index contributed by atoms with van der Waals surface area (Å²) in [7, 11) is 0. The molecule has 3 heterocycles. The molecule has 92 valence electrons. The molecule has 0 amide bonds. The first-order valence-corrected chi connectivity index (χ1v) is 7.25. The molecule has 0 spiro atoms. The molecule has 3 aromatic heterocycles. The highest BCUT2D eigenvalue weighted by Crippen LogP contribution is 2.23. The highest BCUT2D eigenvalue weighted by molar-refractivity contribution is 14.1. The Morgan fingerprint density at radius 2 is 1.72 bits per heavy atom. The van der Waals surface area contributed by atoms with Gasteiger partial charge < -0.3 is 0 Å². The number of aryl methyl sites for hydroxylation is 2. The summed E-state index contributed by atoms with van der Waals surface area (Å²) in [5.74, 6) is 0. The van der Waals surface area contributed by atoms with Gasteiger partial charge in [-0.1, -0.05) is 11.3 Å². The molecule has 0 bridgehead atoms. The molecule has 0 unspecified atom stereocenters. The summed E-state index contributed by atoms with van der Waals surface area (Å²) in [6.45, 7) is 4.12. The predicted molar refractivity (Wildman–Crippen MR) is 78.5 cm³/mol. The Balaban J connectivity index is 2.08. The third-order valence-corrected chi connectivity index (χ3v) is 4.34. The van der Waals surface area contributed by atoms with E-state index in [0.29, 0.717) is 0 Å². The molecule has 0 aliphatic heterocycles. The second-order valence-electron chi connectivity index (χ2n) is 3.88.